The van der Waals surface area contributed by atoms with Gasteiger partial charge in [-0.05, 0) is 12.1 Å². The average molecular weight is 300 g/mol. The molecule has 0 aliphatic rings. The molecule has 0 atom stereocenters. The van der Waals surface area contributed by atoms with E-state index in [1.165, 1.54) is 11.8 Å². The summed E-state index contributed by atoms with van der Waals surface area (Å²) < 4.78 is 15.5. The van der Waals surface area contributed by atoms with E-state index < -0.39 is 5.97 Å². The highest BCUT2D eigenvalue weighted by molar-refractivity contribution is 7.99. The minimum Gasteiger partial charge on any atom is -0.478 e. The van der Waals surface area contributed by atoms with Crippen LogP contribution in [-0.2, 0) is 14.2 Å². The Morgan fingerprint density at radius 3 is 2.45 bits per heavy atom. The average Bonchev–Trinajstić information content (AvgIpc) is 2.46. The maximum absolute atomic E-state index is 11.0. The largest absolute Gasteiger partial charge is 0.478 e. The lowest BCUT2D eigenvalue weighted by Crippen LogP contribution is -2.09. The SMILES string of the molecule is COCCOCCOCCSc1ccccc1C(=O)O. The van der Waals surface area contributed by atoms with Crippen molar-refractivity contribution in [3.63, 3.8) is 0 Å². The zero-order valence-corrected chi connectivity index (χ0v) is 12.4. The van der Waals surface area contributed by atoms with Crippen molar-refractivity contribution in [3.8, 4) is 0 Å². The lowest BCUT2D eigenvalue weighted by Gasteiger charge is -2.07. The summed E-state index contributed by atoms with van der Waals surface area (Å²) in [5.41, 5.74) is 0.334. The monoisotopic (exact) mass is 300 g/mol. The van der Waals surface area contributed by atoms with Crippen molar-refractivity contribution in [2.75, 3.05) is 45.9 Å². The Kier molecular flexibility index (Phi) is 9.06. The van der Waals surface area contributed by atoms with Crippen molar-refractivity contribution in [1.29, 1.82) is 0 Å². The third-order valence-corrected chi connectivity index (χ3v) is 3.44. The van der Waals surface area contributed by atoms with E-state index in [0.29, 0.717) is 44.4 Å². The third kappa shape index (κ3) is 6.91. The second kappa shape index (κ2) is 10.7. The number of carboxylic acids is 1. The molecule has 0 radical (unpaired) electrons. The molecule has 20 heavy (non-hydrogen) atoms. The van der Waals surface area contributed by atoms with Gasteiger partial charge in [-0.1, -0.05) is 12.1 Å². The Bertz CT molecular complexity index is 397. The normalized spacial score (nSPS) is 10.7. The molecule has 0 amide bonds. The predicted molar refractivity (Wildman–Crippen MR) is 77.6 cm³/mol. The molecule has 1 N–H and O–H groups in total. The second-order valence-corrected chi connectivity index (χ2v) is 5.00. The lowest BCUT2D eigenvalue weighted by atomic mass is 10.2. The fraction of sp³-hybridized carbons (Fsp3) is 0.500. The van der Waals surface area contributed by atoms with Gasteiger partial charge in [0.05, 0.1) is 38.6 Å². The van der Waals surface area contributed by atoms with Crippen LogP contribution in [0.4, 0.5) is 0 Å². The first-order valence-corrected chi connectivity index (χ1v) is 7.34. The van der Waals surface area contributed by atoms with E-state index in [1.807, 2.05) is 12.1 Å². The highest BCUT2D eigenvalue weighted by Gasteiger charge is 2.08. The summed E-state index contributed by atoms with van der Waals surface area (Å²) in [5, 5.41) is 9.04. The zero-order valence-electron chi connectivity index (χ0n) is 11.5. The second-order valence-electron chi connectivity index (χ2n) is 3.87. The van der Waals surface area contributed by atoms with Crippen molar-refractivity contribution in [3.05, 3.63) is 29.8 Å². The molecular formula is C14H20O5S. The van der Waals surface area contributed by atoms with Crippen LogP contribution >= 0.6 is 11.8 Å². The summed E-state index contributed by atoms with van der Waals surface area (Å²) in [6.45, 7) is 2.79. The van der Waals surface area contributed by atoms with Gasteiger partial charge < -0.3 is 19.3 Å². The molecule has 1 rings (SSSR count). The van der Waals surface area contributed by atoms with Crippen LogP contribution in [0, 0.1) is 0 Å². The highest BCUT2D eigenvalue weighted by atomic mass is 32.2. The summed E-state index contributed by atoms with van der Waals surface area (Å²) in [6, 6.07) is 6.97. The van der Waals surface area contributed by atoms with Crippen molar-refractivity contribution in [1.82, 2.24) is 0 Å². The number of ether oxygens (including phenoxy) is 3. The molecule has 6 heteroatoms. The molecule has 0 unspecified atom stereocenters. The first kappa shape index (κ1) is 17.0. The molecule has 1 aromatic carbocycles. The number of carboxylic acid groups (broad SMARTS) is 1. The number of rotatable bonds is 11. The Balaban J connectivity index is 2.11. The number of hydrogen-bond acceptors (Lipinski definition) is 5. The van der Waals surface area contributed by atoms with E-state index in [1.54, 1.807) is 19.2 Å². The highest BCUT2D eigenvalue weighted by Crippen LogP contribution is 2.22. The predicted octanol–water partition coefficient (Wildman–Crippen LogP) is 2.16. The van der Waals surface area contributed by atoms with Gasteiger partial charge in [0.2, 0.25) is 0 Å². The molecule has 0 fully saturated rings. The van der Waals surface area contributed by atoms with E-state index in [2.05, 4.69) is 0 Å². The van der Waals surface area contributed by atoms with Gasteiger partial charge in [-0.2, -0.15) is 0 Å². The summed E-state index contributed by atoms with van der Waals surface area (Å²) in [7, 11) is 1.63. The van der Waals surface area contributed by atoms with Crippen LogP contribution in [0.5, 0.6) is 0 Å². The topological polar surface area (TPSA) is 65.0 Å². The van der Waals surface area contributed by atoms with Gasteiger partial charge in [0.1, 0.15) is 0 Å². The smallest absolute Gasteiger partial charge is 0.336 e. The van der Waals surface area contributed by atoms with Gasteiger partial charge in [-0.15, -0.1) is 11.8 Å². The van der Waals surface area contributed by atoms with E-state index in [9.17, 15) is 4.79 Å². The van der Waals surface area contributed by atoms with Crippen LogP contribution in [0.15, 0.2) is 29.2 Å². The minimum atomic E-state index is -0.902. The van der Waals surface area contributed by atoms with Crippen LogP contribution in [-0.4, -0.2) is 57.0 Å². The Morgan fingerprint density at radius 1 is 1.10 bits per heavy atom. The minimum absolute atomic E-state index is 0.334. The van der Waals surface area contributed by atoms with Gasteiger partial charge in [0.15, 0.2) is 0 Å². The molecule has 0 saturated heterocycles. The fourth-order valence-electron chi connectivity index (χ4n) is 1.44. The first-order chi connectivity index (χ1) is 9.75. The van der Waals surface area contributed by atoms with Crippen molar-refractivity contribution in [2.45, 2.75) is 4.90 Å². The van der Waals surface area contributed by atoms with E-state index >= 15 is 0 Å². The summed E-state index contributed by atoms with van der Waals surface area (Å²) in [6.07, 6.45) is 0. The van der Waals surface area contributed by atoms with Gasteiger partial charge in [-0.25, -0.2) is 4.79 Å². The Labute approximate surface area is 123 Å². The van der Waals surface area contributed by atoms with Crippen molar-refractivity contribution >= 4 is 17.7 Å². The molecule has 0 aliphatic carbocycles. The van der Waals surface area contributed by atoms with Gasteiger partial charge in [0.25, 0.3) is 0 Å². The van der Waals surface area contributed by atoms with Crippen LogP contribution < -0.4 is 0 Å². The molecule has 5 nitrogen and oxygen atoms in total. The van der Waals surface area contributed by atoms with Crippen molar-refractivity contribution < 1.29 is 24.1 Å². The number of carbonyl (C=O) groups is 1. The number of methoxy groups -OCH3 is 1. The van der Waals surface area contributed by atoms with Crippen LogP contribution in [0.25, 0.3) is 0 Å². The van der Waals surface area contributed by atoms with Crippen molar-refractivity contribution in [2.24, 2.45) is 0 Å². The molecule has 0 heterocycles. The van der Waals surface area contributed by atoms with Gasteiger partial charge >= 0.3 is 5.97 Å². The fourth-order valence-corrected chi connectivity index (χ4v) is 2.35. The standard InChI is InChI=1S/C14H20O5S/c1-17-6-7-18-8-9-19-10-11-20-13-5-3-2-4-12(13)14(15)16/h2-5H,6-11H2,1H3,(H,15,16). The van der Waals surface area contributed by atoms with Gasteiger partial charge in [0, 0.05) is 17.8 Å². The molecular weight excluding hydrogens is 280 g/mol. The third-order valence-electron chi connectivity index (χ3n) is 2.41. The molecule has 0 saturated carbocycles. The number of benzene rings is 1. The van der Waals surface area contributed by atoms with Crippen LogP contribution in [0.1, 0.15) is 10.4 Å². The molecule has 0 aromatic heterocycles. The first-order valence-electron chi connectivity index (χ1n) is 6.35. The molecule has 0 bridgehead atoms. The number of aromatic carboxylic acids is 1. The lowest BCUT2D eigenvalue weighted by molar-refractivity contribution is 0.0286. The maximum atomic E-state index is 11.0. The summed E-state index contributed by atoms with van der Waals surface area (Å²) in [4.78, 5) is 11.8. The van der Waals surface area contributed by atoms with E-state index in [4.69, 9.17) is 19.3 Å². The Hall–Kier alpha value is -1.08. The molecule has 0 spiro atoms. The summed E-state index contributed by atoms with van der Waals surface area (Å²) in [5.74, 6) is -0.192. The van der Waals surface area contributed by atoms with Crippen LogP contribution in [0.2, 0.25) is 0 Å². The van der Waals surface area contributed by atoms with E-state index in [-0.39, 0.29) is 0 Å². The van der Waals surface area contributed by atoms with Crippen LogP contribution in [0.3, 0.4) is 0 Å². The Morgan fingerprint density at radius 2 is 1.75 bits per heavy atom. The number of thioether (sulfide) groups is 1. The maximum Gasteiger partial charge on any atom is 0.336 e. The molecule has 0 aliphatic heterocycles. The molecule has 1 aromatic rings. The van der Waals surface area contributed by atoms with E-state index in [0.717, 1.165) is 4.90 Å². The quantitative estimate of drug-likeness (QED) is 0.499. The zero-order chi connectivity index (χ0) is 14.6. The summed E-state index contributed by atoms with van der Waals surface area (Å²) >= 11 is 1.48. The molecule has 112 valence electrons. The van der Waals surface area contributed by atoms with Gasteiger partial charge in [-0.3, -0.25) is 0 Å². The number of hydrogen-bond donors (Lipinski definition) is 1.